The highest BCUT2D eigenvalue weighted by Gasteiger charge is 2.18. The molecule has 116 valence electrons. The molecule has 0 heterocycles. The van der Waals surface area contributed by atoms with Gasteiger partial charge in [0.2, 0.25) is 5.91 Å². The van der Waals surface area contributed by atoms with E-state index in [0.29, 0.717) is 22.6 Å². The fourth-order valence-corrected chi connectivity index (χ4v) is 1.99. The highest BCUT2D eigenvalue weighted by molar-refractivity contribution is 5.93. The molecule has 1 amide bonds. The van der Waals surface area contributed by atoms with Crippen LogP contribution in [-0.4, -0.2) is 20.1 Å². The number of carbonyl (C=O) groups excluding carboxylic acids is 1. The van der Waals surface area contributed by atoms with E-state index in [-0.39, 0.29) is 5.91 Å². The molecule has 0 spiro atoms. The molecular formula is C16H22FNO3. The number of carbonyl (C=O) groups is 1. The minimum absolute atomic E-state index is 0.210. The van der Waals surface area contributed by atoms with Crippen molar-refractivity contribution in [2.24, 2.45) is 0 Å². The second-order valence-electron chi connectivity index (χ2n) is 4.72. The molecule has 5 heteroatoms. The Bertz CT molecular complexity index is 541. The summed E-state index contributed by atoms with van der Waals surface area (Å²) in [6.07, 6.45) is 2.60. The Labute approximate surface area is 124 Å². The molecule has 1 unspecified atom stereocenters. The van der Waals surface area contributed by atoms with E-state index in [9.17, 15) is 9.18 Å². The monoisotopic (exact) mass is 295 g/mol. The number of hydrogen-bond donors (Lipinski definition) is 1. The van der Waals surface area contributed by atoms with E-state index >= 15 is 0 Å². The van der Waals surface area contributed by atoms with Gasteiger partial charge in [0, 0.05) is 17.2 Å². The van der Waals surface area contributed by atoms with E-state index in [1.54, 1.807) is 13.8 Å². The number of ether oxygens (including phenoxy) is 2. The first kappa shape index (κ1) is 17.0. The Hall–Kier alpha value is -2.04. The van der Waals surface area contributed by atoms with Gasteiger partial charge in [0.05, 0.1) is 20.3 Å². The second-order valence-corrected chi connectivity index (χ2v) is 4.72. The summed E-state index contributed by atoms with van der Waals surface area (Å²) in [5.74, 6) is 0.0891. The second kappa shape index (κ2) is 7.67. The molecule has 1 rings (SSSR count). The predicted octanol–water partition coefficient (Wildman–Crippen LogP) is 3.38. The normalized spacial score (nSPS) is 12.8. The quantitative estimate of drug-likeness (QED) is 0.818. The molecule has 0 aliphatic heterocycles. The van der Waals surface area contributed by atoms with Gasteiger partial charge in [-0.1, -0.05) is 13.0 Å². The van der Waals surface area contributed by atoms with Crippen LogP contribution < -0.4 is 14.8 Å². The summed E-state index contributed by atoms with van der Waals surface area (Å²) in [5.41, 5.74) is 0.968. The molecule has 0 aliphatic rings. The van der Waals surface area contributed by atoms with Crippen molar-refractivity contribution in [1.82, 2.24) is 5.32 Å². The first-order valence-electron chi connectivity index (χ1n) is 6.83. The number of allylic oxidation sites excluding steroid dienone is 1. The average molecular weight is 295 g/mol. The molecule has 0 bridgehead atoms. The van der Waals surface area contributed by atoms with Crippen LogP contribution in [0.1, 0.15) is 38.8 Å². The molecule has 1 N–H and O–H groups in total. The minimum Gasteiger partial charge on any atom is -0.493 e. The predicted molar refractivity (Wildman–Crippen MR) is 80.1 cm³/mol. The molecule has 0 fully saturated rings. The standard InChI is InChI=1S/C16H22FNO3/c1-6-7-10(2)16(19)18-11(3)12-8-14(20-4)15(21-5)9-13(12)17/h7-9,11H,6H2,1-5H3,(H,18,19). The largest absolute Gasteiger partial charge is 0.493 e. The van der Waals surface area contributed by atoms with Crippen LogP contribution in [0.25, 0.3) is 0 Å². The van der Waals surface area contributed by atoms with Crippen molar-refractivity contribution >= 4 is 5.91 Å². The fraction of sp³-hybridized carbons (Fsp3) is 0.438. The third-order valence-electron chi connectivity index (χ3n) is 3.19. The molecule has 0 saturated carbocycles. The highest BCUT2D eigenvalue weighted by atomic mass is 19.1. The van der Waals surface area contributed by atoms with Crippen molar-refractivity contribution in [3.63, 3.8) is 0 Å². The highest BCUT2D eigenvalue weighted by Crippen LogP contribution is 2.32. The number of amides is 1. The Morgan fingerprint density at radius 1 is 1.33 bits per heavy atom. The molecule has 0 radical (unpaired) electrons. The summed E-state index contributed by atoms with van der Waals surface area (Å²) in [4.78, 5) is 11.9. The van der Waals surface area contributed by atoms with E-state index in [0.717, 1.165) is 6.42 Å². The van der Waals surface area contributed by atoms with Crippen molar-refractivity contribution in [3.8, 4) is 11.5 Å². The van der Waals surface area contributed by atoms with Crippen molar-refractivity contribution < 1.29 is 18.7 Å². The van der Waals surface area contributed by atoms with Crippen molar-refractivity contribution in [1.29, 1.82) is 0 Å². The summed E-state index contributed by atoms with van der Waals surface area (Å²) >= 11 is 0. The zero-order chi connectivity index (χ0) is 16.0. The SMILES string of the molecule is CCC=C(C)C(=O)NC(C)c1cc(OC)c(OC)cc1F. The van der Waals surface area contributed by atoms with Gasteiger partial charge < -0.3 is 14.8 Å². The van der Waals surface area contributed by atoms with E-state index in [2.05, 4.69) is 5.32 Å². The number of hydrogen-bond acceptors (Lipinski definition) is 3. The van der Waals surface area contributed by atoms with Crippen LogP contribution in [0.15, 0.2) is 23.8 Å². The Kier molecular flexibility index (Phi) is 6.21. The summed E-state index contributed by atoms with van der Waals surface area (Å²) < 4.78 is 24.3. The number of rotatable bonds is 6. The summed E-state index contributed by atoms with van der Waals surface area (Å²) in [5, 5.41) is 2.77. The van der Waals surface area contributed by atoms with E-state index in [1.807, 2.05) is 13.0 Å². The molecule has 0 saturated heterocycles. The summed E-state index contributed by atoms with van der Waals surface area (Å²) in [6.45, 7) is 5.41. The molecule has 4 nitrogen and oxygen atoms in total. The van der Waals surface area contributed by atoms with Crippen LogP contribution in [0.2, 0.25) is 0 Å². The first-order chi connectivity index (χ1) is 9.94. The lowest BCUT2D eigenvalue weighted by Crippen LogP contribution is -2.27. The maximum atomic E-state index is 14.1. The lowest BCUT2D eigenvalue weighted by molar-refractivity contribution is -0.118. The zero-order valence-corrected chi connectivity index (χ0v) is 13.1. The van der Waals surface area contributed by atoms with Crippen LogP contribution in [0.5, 0.6) is 11.5 Å². The van der Waals surface area contributed by atoms with E-state index in [4.69, 9.17) is 9.47 Å². The maximum Gasteiger partial charge on any atom is 0.247 e. The number of benzene rings is 1. The van der Waals surface area contributed by atoms with Gasteiger partial charge in [-0.15, -0.1) is 0 Å². The van der Waals surface area contributed by atoms with E-state index in [1.165, 1.54) is 26.4 Å². The smallest absolute Gasteiger partial charge is 0.247 e. The van der Waals surface area contributed by atoms with Crippen LogP contribution in [0.3, 0.4) is 0 Å². The topological polar surface area (TPSA) is 47.6 Å². The molecule has 21 heavy (non-hydrogen) atoms. The van der Waals surface area contributed by atoms with Crippen LogP contribution >= 0.6 is 0 Å². The molecule has 1 aromatic carbocycles. The van der Waals surface area contributed by atoms with Crippen LogP contribution in [-0.2, 0) is 4.79 Å². The van der Waals surface area contributed by atoms with Crippen molar-refractivity contribution in [2.75, 3.05) is 14.2 Å². The summed E-state index contributed by atoms with van der Waals surface area (Å²) in [7, 11) is 2.93. The van der Waals surface area contributed by atoms with Gasteiger partial charge in [-0.25, -0.2) is 4.39 Å². The minimum atomic E-state index is -0.475. The third-order valence-corrected chi connectivity index (χ3v) is 3.19. The van der Waals surface area contributed by atoms with Crippen molar-refractivity contribution in [3.05, 3.63) is 35.2 Å². The van der Waals surface area contributed by atoms with Gasteiger partial charge in [-0.05, 0) is 26.3 Å². The molecule has 1 aromatic rings. The molecular weight excluding hydrogens is 273 g/mol. The van der Waals surface area contributed by atoms with Gasteiger partial charge in [0.15, 0.2) is 11.5 Å². The van der Waals surface area contributed by atoms with Gasteiger partial charge in [-0.3, -0.25) is 4.79 Å². The van der Waals surface area contributed by atoms with Crippen LogP contribution in [0.4, 0.5) is 4.39 Å². The first-order valence-corrected chi connectivity index (χ1v) is 6.83. The van der Waals surface area contributed by atoms with Crippen molar-refractivity contribution in [2.45, 2.75) is 33.2 Å². The fourth-order valence-electron chi connectivity index (χ4n) is 1.99. The Morgan fingerprint density at radius 2 is 1.90 bits per heavy atom. The number of nitrogens with one attached hydrogen (secondary N) is 1. The molecule has 0 aliphatic carbocycles. The third kappa shape index (κ3) is 4.21. The zero-order valence-electron chi connectivity index (χ0n) is 13.1. The molecule has 0 aromatic heterocycles. The Morgan fingerprint density at radius 3 is 2.43 bits per heavy atom. The average Bonchev–Trinajstić information content (AvgIpc) is 2.46. The lowest BCUT2D eigenvalue weighted by atomic mass is 10.1. The van der Waals surface area contributed by atoms with Gasteiger partial charge in [-0.2, -0.15) is 0 Å². The Balaban J connectivity index is 3.00. The van der Waals surface area contributed by atoms with Gasteiger partial charge in [0.25, 0.3) is 0 Å². The van der Waals surface area contributed by atoms with Gasteiger partial charge >= 0.3 is 0 Å². The maximum absolute atomic E-state index is 14.1. The number of halogens is 1. The van der Waals surface area contributed by atoms with E-state index < -0.39 is 11.9 Å². The van der Waals surface area contributed by atoms with Gasteiger partial charge in [0.1, 0.15) is 5.82 Å². The number of methoxy groups -OCH3 is 2. The lowest BCUT2D eigenvalue weighted by Gasteiger charge is -2.17. The summed E-state index contributed by atoms with van der Waals surface area (Å²) in [6, 6.07) is 2.32. The van der Waals surface area contributed by atoms with Crippen LogP contribution in [0, 0.1) is 5.82 Å². The molecule has 1 atom stereocenters.